The number of nitro benzene ring substituents is 1. The van der Waals surface area contributed by atoms with Gasteiger partial charge in [-0.1, -0.05) is 6.07 Å². The molecule has 1 aliphatic heterocycles. The van der Waals surface area contributed by atoms with Crippen molar-refractivity contribution in [1.82, 2.24) is 9.88 Å². The third-order valence-electron chi connectivity index (χ3n) is 5.95. The van der Waals surface area contributed by atoms with Crippen molar-refractivity contribution >= 4 is 27.1 Å². The third kappa shape index (κ3) is 6.25. The standard InChI is InChI=1S/C25H27N5O7S/c26-25(31)20-3-1-4-23(24(20)37-18-7-10-27-11-8-18)38(34,35)19-5-6-21(22(17-19)30(32)33)28-9-2-12-29-13-15-36-16-14-29/h1,3-8,10-11,17,28H,2,9,12-16H2,(H2,26,31). The fourth-order valence-corrected chi connectivity index (χ4v) is 5.43. The van der Waals surface area contributed by atoms with Crippen LogP contribution >= 0.6 is 0 Å². The Labute approximate surface area is 219 Å². The van der Waals surface area contributed by atoms with Crippen molar-refractivity contribution in [2.75, 3.05) is 44.7 Å². The first-order valence-electron chi connectivity index (χ1n) is 11.9. The highest BCUT2D eigenvalue weighted by Gasteiger charge is 2.29. The number of nitro groups is 1. The lowest BCUT2D eigenvalue weighted by molar-refractivity contribution is -0.384. The van der Waals surface area contributed by atoms with Gasteiger partial charge in [0.25, 0.3) is 11.6 Å². The number of nitrogens with two attached hydrogens (primary N) is 1. The van der Waals surface area contributed by atoms with Crippen molar-refractivity contribution in [2.24, 2.45) is 5.73 Å². The topological polar surface area (TPSA) is 167 Å². The molecule has 1 aromatic heterocycles. The number of primary amides is 1. The lowest BCUT2D eigenvalue weighted by Crippen LogP contribution is -2.37. The van der Waals surface area contributed by atoms with Crippen molar-refractivity contribution in [2.45, 2.75) is 16.2 Å². The molecule has 0 atom stereocenters. The van der Waals surface area contributed by atoms with Crippen LogP contribution in [0.1, 0.15) is 16.8 Å². The highest BCUT2D eigenvalue weighted by atomic mass is 32.2. The number of nitrogens with zero attached hydrogens (tertiary/aromatic N) is 3. The van der Waals surface area contributed by atoms with E-state index in [1.807, 2.05) is 0 Å². The van der Waals surface area contributed by atoms with Gasteiger partial charge in [0.2, 0.25) is 9.84 Å². The molecule has 0 spiro atoms. The number of morpholine rings is 1. The molecule has 200 valence electrons. The quantitative estimate of drug-likeness (QED) is 0.209. The van der Waals surface area contributed by atoms with Crippen molar-refractivity contribution in [3.8, 4) is 11.5 Å². The number of anilines is 1. The maximum atomic E-state index is 13.6. The van der Waals surface area contributed by atoms with E-state index in [4.69, 9.17) is 15.2 Å². The molecule has 4 rings (SSSR count). The summed E-state index contributed by atoms with van der Waals surface area (Å²) in [4.78, 5) is 28.7. The number of hydrogen-bond donors (Lipinski definition) is 2. The zero-order valence-corrected chi connectivity index (χ0v) is 21.2. The number of para-hydroxylation sites is 1. The summed E-state index contributed by atoms with van der Waals surface area (Å²) in [5.41, 5.74) is 5.13. The Bertz CT molecular complexity index is 1410. The van der Waals surface area contributed by atoms with Gasteiger partial charge in [0.15, 0.2) is 5.75 Å². The summed E-state index contributed by atoms with van der Waals surface area (Å²) in [6.45, 7) is 4.34. The normalized spacial score (nSPS) is 14.1. The van der Waals surface area contributed by atoms with Gasteiger partial charge in [0.1, 0.15) is 16.3 Å². The Balaban J connectivity index is 1.61. The molecule has 3 N–H and O–H groups in total. The van der Waals surface area contributed by atoms with E-state index in [0.717, 1.165) is 32.1 Å². The minimum absolute atomic E-state index is 0.157. The van der Waals surface area contributed by atoms with Crippen LogP contribution < -0.4 is 15.8 Å². The Kier molecular flexibility index (Phi) is 8.51. The van der Waals surface area contributed by atoms with Crippen molar-refractivity contribution in [3.63, 3.8) is 0 Å². The Morgan fingerprint density at radius 1 is 1.16 bits per heavy atom. The van der Waals surface area contributed by atoms with Gasteiger partial charge in [-0.3, -0.25) is 24.8 Å². The molecular weight excluding hydrogens is 514 g/mol. The average molecular weight is 542 g/mol. The molecule has 1 fully saturated rings. The number of benzene rings is 2. The first kappa shape index (κ1) is 27.0. The van der Waals surface area contributed by atoms with Gasteiger partial charge in [0.05, 0.1) is 28.6 Å². The highest BCUT2D eigenvalue weighted by Crippen LogP contribution is 2.37. The fraction of sp³-hybridized carbons (Fsp3) is 0.280. The summed E-state index contributed by atoms with van der Waals surface area (Å²) >= 11 is 0. The molecule has 13 heteroatoms. The highest BCUT2D eigenvalue weighted by molar-refractivity contribution is 7.91. The molecule has 12 nitrogen and oxygen atoms in total. The van der Waals surface area contributed by atoms with Crippen LogP contribution in [-0.4, -0.2) is 68.5 Å². The van der Waals surface area contributed by atoms with Gasteiger partial charge in [-0.15, -0.1) is 0 Å². The minimum atomic E-state index is -4.36. The first-order chi connectivity index (χ1) is 18.3. The predicted molar refractivity (Wildman–Crippen MR) is 138 cm³/mol. The molecule has 2 aromatic carbocycles. The lowest BCUT2D eigenvalue weighted by Gasteiger charge is -2.26. The Morgan fingerprint density at radius 3 is 2.58 bits per heavy atom. The van der Waals surface area contributed by atoms with E-state index in [0.29, 0.717) is 19.8 Å². The number of pyridine rings is 1. The van der Waals surface area contributed by atoms with Gasteiger partial charge in [0, 0.05) is 38.1 Å². The molecule has 0 radical (unpaired) electrons. The van der Waals surface area contributed by atoms with Crippen LogP contribution in [0.25, 0.3) is 0 Å². The monoisotopic (exact) mass is 541 g/mol. The van der Waals surface area contributed by atoms with Gasteiger partial charge >= 0.3 is 0 Å². The van der Waals surface area contributed by atoms with Crippen molar-refractivity contribution in [1.29, 1.82) is 0 Å². The number of carbonyl (C=O) groups excluding carboxylic acids is 1. The molecule has 38 heavy (non-hydrogen) atoms. The van der Waals surface area contributed by atoms with Gasteiger partial charge in [-0.05, 0) is 49.4 Å². The van der Waals surface area contributed by atoms with E-state index in [-0.39, 0.29) is 38.2 Å². The van der Waals surface area contributed by atoms with E-state index in [2.05, 4.69) is 15.2 Å². The lowest BCUT2D eigenvalue weighted by atomic mass is 10.2. The summed E-state index contributed by atoms with van der Waals surface area (Å²) in [6.07, 6.45) is 3.62. The number of carbonyl (C=O) groups is 1. The molecule has 0 bridgehead atoms. The fourth-order valence-electron chi connectivity index (χ4n) is 4.01. The Hall–Kier alpha value is -4.07. The zero-order chi connectivity index (χ0) is 27.1. The zero-order valence-electron chi connectivity index (χ0n) is 20.4. The van der Waals surface area contributed by atoms with Gasteiger partial charge < -0.3 is 20.5 Å². The second-order valence-electron chi connectivity index (χ2n) is 8.46. The number of nitrogens with one attached hydrogen (secondary N) is 1. The number of sulfone groups is 1. The second kappa shape index (κ2) is 12.0. The van der Waals surface area contributed by atoms with Crippen LogP contribution in [-0.2, 0) is 14.6 Å². The van der Waals surface area contributed by atoms with E-state index in [1.165, 1.54) is 54.9 Å². The van der Waals surface area contributed by atoms with E-state index in [1.54, 1.807) is 0 Å². The van der Waals surface area contributed by atoms with Crippen LogP contribution in [0.5, 0.6) is 11.5 Å². The maximum absolute atomic E-state index is 13.6. The summed E-state index contributed by atoms with van der Waals surface area (Å²) in [7, 11) is -4.36. The summed E-state index contributed by atoms with van der Waals surface area (Å²) in [5, 5.41) is 14.9. The molecule has 0 unspecified atom stereocenters. The number of ether oxygens (including phenoxy) is 2. The molecule has 0 aliphatic carbocycles. The predicted octanol–water partition coefficient (Wildman–Crippen LogP) is 2.85. The van der Waals surface area contributed by atoms with Crippen LogP contribution in [0, 0.1) is 10.1 Å². The van der Waals surface area contributed by atoms with Crippen molar-refractivity contribution in [3.05, 3.63) is 76.6 Å². The third-order valence-corrected chi connectivity index (χ3v) is 7.73. The van der Waals surface area contributed by atoms with Crippen LogP contribution in [0.3, 0.4) is 0 Å². The van der Waals surface area contributed by atoms with E-state index >= 15 is 0 Å². The van der Waals surface area contributed by atoms with Crippen LogP contribution in [0.2, 0.25) is 0 Å². The SMILES string of the molecule is NC(=O)c1cccc(S(=O)(=O)c2ccc(NCCCN3CCOCC3)c([N+](=O)[O-])c2)c1Oc1ccncc1. The van der Waals surface area contributed by atoms with Gasteiger partial charge in [-0.2, -0.15) is 0 Å². The number of aromatic nitrogens is 1. The Morgan fingerprint density at radius 2 is 1.89 bits per heavy atom. The summed E-state index contributed by atoms with van der Waals surface area (Å²) < 4.78 is 38.4. The molecular formula is C25H27N5O7S. The first-order valence-corrected chi connectivity index (χ1v) is 13.3. The number of rotatable bonds is 11. The maximum Gasteiger partial charge on any atom is 0.293 e. The largest absolute Gasteiger partial charge is 0.455 e. The average Bonchev–Trinajstić information content (AvgIpc) is 2.92. The number of hydrogen-bond acceptors (Lipinski definition) is 10. The van der Waals surface area contributed by atoms with Crippen LogP contribution in [0.4, 0.5) is 11.4 Å². The summed E-state index contributed by atoms with van der Waals surface area (Å²) in [6, 6.07) is 10.5. The van der Waals surface area contributed by atoms with E-state index in [9.17, 15) is 23.3 Å². The summed E-state index contributed by atoms with van der Waals surface area (Å²) in [5.74, 6) is -0.944. The van der Waals surface area contributed by atoms with Crippen molar-refractivity contribution < 1.29 is 27.6 Å². The van der Waals surface area contributed by atoms with E-state index < -0.39 is 20.7 Å². The molecule has 1 saturated heterocycles. The molecule has 0 saturated carbocycles. The second-order valence-corrected chi connectivity index (χ2v) is 10.4. The number of amides is 1. The van der Waals surface area contributed by atoms with Gasteiger partial charge in [-0.25, -0.2) is 8.42 Å². The molecule has 1 amide bonds. The molecule has 1 aliphatic rings. The molecule has 2 heterocycles. The smallest absolute Gasteiger partial charge is 0.293 e. The van der Waals surface area contributed by atoms with Crippen LogP contribution in [0.15, 0.2) is 70.7 Å². The minimum Gasteiger partial charge on any atom is -0.455 e. The molecule has 3 aromatic rings.